The number of hydrogen-bond donors (Lipinski definition) is 2. The van der Waals surface area contributed by atoms with E-state index < -0.39 is 23.8 Å². The van der Waals surface area contributed by atoms with Crippen LogP contribution in [0.1, 0.15) is 68.9 Å². The number of nitrogens with zero attached hydrogens (tertiary/aromatic N) is 1. The molecule has 2 aromatic rings. The zero-order valence-corrected chi connectivity index (χ0v) is 23.2. The second kappa shape index (κ2) is 13.6. The number of primary amides is 1. The molecule has 4 rings (SSSR count). The topological polar surface area (TPSA) is 92.5 Å². The fourth-order valence-corrected chi connectivity index (χ4v) is 6.21. The Hall–Kier alpha value is -3.41. The molecule has 3 amide bonds. The SMILES string of the molecule is C=CC[C@H](C(N)=O)[C@@H](CC1CCCC1)C(=O)N[C@H]1CCCCN(Cc2cccc(-c3ccc(C)cc3)c2)C1=O. The summed E-state index contributed by atoms with van der Waals surface area (Å²) >= 11 is 0. The summed E-state index contributed by atoms with van der Waals surface area (Å²) in [5, 5.41) is 3.06. The molecular formula is C33H43N3O3. The monoisotopic (exact) mass is 529 g/mol. The summed E-state index contributed by atoms with van der Waals surface area (Å²) in [6, 6.07) is 16.2. The first kappa shape index (κ1) is 28.6. The molecule has 0 bridgehead atoms. The highest BCUT2D eigenvalue weighted by Crippen LogP contribution is 2.34. The first-order valence-corrected chi connectivity index (χ1v) is 14.5. The largest absolute Gasteiger partial charge is 0.369 e. The lowest BCUT2D eigenvalue weighted by Gasteiger charge is -2.29. The highest BCUT2D eigenvalue weighted by Gasteiger charge is 2.37. The maximum absolute atomic E-state index is 13.7. The van der Waals surface area contributed by atoms with E-state index in [2.05, 4.69) is 55.2 Å². The summed E-state index contributed by atoms with van der Waals surface area (Å²) in [7, 11) is 0. The first-order valence-electron chi connectivity index (χ1n) is 14.5. The first-order chi connectivity index (χ1) is 18.9. The zero-order chi connectivity index (χ0) is 27.8. The van der Waals surface area contributed by atoms with E-state index in [1.165, 1.54) is 5.56 Å². The minimum absolute atomic E-state index is 0.0550. The number of nitrogens with two attached hydrogens (primary N) is 1. The highest BCUT2D eigenvalue weighted by atomic mass is 16.2. The van der Waals surface area contributed by atoms with Gasteiger partial charge in [0.25, 0.3) is 0 Å². The van der Waals surface area contributed by atoms with E-state index in [9.17, 15) is 14.4 Å². The van der Waals surface area contributed by atoms with Crippen LogP contribution in [0.15, 0.2) is 61.2 Å². The van der Waals surface area contributed by atoms with Crippen molar-refractivity contribution in [2.45, 2.75) is 77.3 Å². The average Bonchev–Trinajstić information content (AvgIpc) is 3.39. The summed E-state index contributed by atoms with van der Waals surface area (Å²) in [5.41, 5.74) is 10.3. The van der Waals surface area contributed by atoms with Crippen LogP contribution < -0.4 is 11.1 Å². The van der Waals surface area contributed by atoms with Crippen molar-refractivity contribution < 1.29 is 14.4 Å². The second-order valence-electron chi connectivity index (χ2n) is 11.4. The van der Waals surface area contributed by atoms with Crippen molar-refractivity contribution in [3.05, 3.63) is 72.3 Å². The van der Waals surface area contributed by atoms with E-state index in [4.69, 9.17) is 5.73 Å². The molecule has 39 heavy (non-hydrogen) atoms. The summed E-state index contributed by atoms with van der Waals surface area (Å²) in [5.74, 6) is -1.50. The van der Waals surface area contributed by atoms with E-state index in [0.717, 1.165) is 55.2 Å². The molecule has 0 spiro atoms. The van der Waals surface area contributed by atoms with Crippen LogP contribution in [0.5, 0.6) is 0 Å². The molecule has 6 nitrogen and oxygen atoms in total. The number of likely N-dealkylation sites (tertiary alicyclic amines) is 1. The third kappa shape index (κ3) is 7.59. The lowest BCUT2D eigenvalue weighted by molar-refractivity contribution is -0.139. The highest BCUT2D eigenvalue weighted by molar-refractivity contribution is 5.91. The van der Waals surface area contributed by atoms with Gasteiger partial charge in [0.15, 0.2) is 0 Å². The summed E-state index contributed by atoms with van der Waals surface area (Å²) in [6.07, 6.45) is 9.45. The molecule has 3 N–H and O–H groups in total. The van der Waals surface area contributed by atoms with Crippen LogP contribution in [0.25, 0.3) is 11.1 Å². The van der Waals surface area contributed by atoms with Crippen LogP contribution in [0.3, 0.4) is 0 Å². The Labute approximate surface area is 233 Å². The van der Waals surface area contributed by atoms with Crippen LogP contribution in [-0.4, -0.2) is 35.2 Å². The average molecular weight is 530 g/mol. The number of rotatable bonds is 11. The molecule has 1 saturated carbocycles. The van der Waals surface area contributed by atoms with Crippen LogP contribution in [-0.2, 0) is 20.9 Å². The lowest BCUT2D eigenvalue weighted by Crippen LogP contribution is -2.50. The molecule has 0 radical (unpaired) electrons. The molecule has 1 heterocycles. The number of carbonyl (C=O) groups is 3. The smallest absolute Gasteiger partial charge is 0.245 e. The molecular weight excluding hydrogens is 486 g/mol. The van der Waals surface area contributed by atoms with Crippen molar-refractivity contribution in [1.29, 1.82) is 0 Å². The van der Waals surface area contributed by atoms with Crippen LogP contribution >= 0.6 is 0 Å². The normalized spacial score (nSPS) is 19.8. The number of nitrogens with one attached hydrogen (secondary N) is 1. The summed E-state index contributed by atoms with van der Waals surface area (Å²) < 4.78 is 0. The van der Waals surface area contributed by atoms with Crippen LogP contribution in [0, 0.1) is 24.7 Å². The molecule has 0 aromatic heterocycles. The minimum atomic E-state index is -0.607. The van der Waals surface area contributed by atoms with Crippen molar-refractivity contribution in [2.24, 2.45) is 23.5 Å². The number of aryl methyl sites for hydroxylation is 1. The van der Waals surface area contributed by atoms with Crippen molar-refractivity contribution in [3.63, 3.8) is 0 Å². The number of amides is 3. The van der Waals surface area contributed by atoms with E-state index >= 15 is 0 Å². The zero-order valence-electron chi connectivity index (χ0n) is 23.2. The molecule has 6 heteroatoms. The Balaban J connectivity index is 1.47. The van der Waals surface area contributed by atoms with Crippen molar-refractivity contribution in [1.82, 2.24) is 10.2 Å². The lowest BCUT2D eigenvalue weighted by atomic mass is 9.80. The molecule has 208 valence electrons. The van der Waals surface area contributed by atoms with Gasteiger partial charge in [-0.25, -0.2) is 0 Å². The Bertz CT molecular complexity index is 1150. The van der Waals surface area contributed by atoms with Crippen LogP contribution in [0.4, 0.5) is 0 Å². The van der Waals surface area contributed by atoms with Gasteiger partial charge in [0.2, 0.25) is 17.7 Å². The molecule has 1 aliphatic carbocycles. The molecule has 1 aliphatic heterocycles. The van der Waals surface area contributed by atoms with E-state index in [0.29, 0.717) is 38.3 Å². The Morgan fingerprint density at radius 1 is 1.03 bits per heavy atom. The van der Waals surface area contributed by atoms with Crippen LogP contribution in [0.2, 0.25) is 0 Å². The van der Waals surface area contributed by atoms with Gasteiger partial charge in [0.05, 0.1) is 11.8 Å². The van der Waals surface area contributed by atoms with Crippen molar-refractivity contribution in [2.75, 3.05) is 6.54 Å². The summed E-state index contributed by atoms with van der Waals surface area (Å²) in [4.78, 5) is 41.5. The number of benzene rings is 2. The van der Waals surface area contributed by atoms with Gasteiger partial charge in [-0.2, -0.15) is 0 Å². The quantitative estimate of drug-likeness (QED) is 0.375. The van der Waals surface area contributed by atoms with E-state index in [-0.39, 0.29) is 11.8 Å². The van der Waals surface area contributed by atoms with Gasteiger partial charge in [-0.15, -0.1) is 6.58 Å². The Kier molecular flexibility index (Phi) is 9.96. The van der Waals surface area contributed by atoms with Gasteiger partial charge in [0, 0.05) is 13.1 Å². The van der Waals surface area contributed by atoms with Gasteiger partial charge < -0.3 is 16.0 Å². The molecule has 2 aromatic carbocycles. The molecule has 2 fully saturated rings. The van der Waals surface area contributed by atoms with Gasteiger partial charge >= 0.3 is 0 Å². The minimum Gasteiger partial charge on any atom is -0.369 e. The predicted octanol–water partition coefficient (Wildman–Crippen LogP) is 5.53. The standard InChI is InChI=1S/C33H43N3O3/c1-3-9-28(31(34)37)29(21-24-10-4-5-11-24)32(38)35-30-14-6-7-19-36(33(30)39)22-25-12-8-13-27(20-25)26-17-15-23(2)16-18-26/h3,8,12-13,15-18,20,24,28-30H,1,4-7,9-11,14,19,21-22H2,2H3,(H2,34,37)(H,35,38)/t28-,29+,30-/m0/s1. The van der Waals surface area contributed by atoms with Crippen molar-refractivity contribution in [3.8, 4) is 11.1 Å². The van der Waals surface area contributed by atoms with Crippen molar-refractivity contribution >= 4 is 17.7 Å². The molecule has 2 aliphatic rings. The van der Waals surface area contributed by atoms with Gasteiger partial charge in [0.1, 0.15) is 6.04 Å². The van der Waals surface area contributed by atoms with E-state index in [1.54, 1.807) is 6.08 Å². The number of allylic oxidation sites excluding steroid dienone is 1. The third-order valence-corrected chi connectivity index (χ3v) is 8.45. The van der Waals surface area contributed by atoms with Gasteiger partial charge in [-0.05, 0) is 67.7 Å². The van der Waals surface area contributed by atoms with Gasteiger partial charge in [-0.3, -0.25) is 14.4 Å². The summed E-state index contributed by atoms with van der Waals surface area (Å²) in [6.45, 7) is 7.00. The maximum Gasteiger partial charge on any atom is 0.245 e. The maximum atomic E-state index is 13.7. The number of hydrogen-bond acceptors (Lipinski definition) is 3. The second-order valence-corrected chi connectivity index (χ2v) is 11.4. The Morgan fingerprint density at radius 3 is 2.44 bits per heavy atom. The predicted molar refractivity (Wildman–Crippen MR) is 155 cm³/mol. The molecule has 0 unspecified atom stereocenters. The van der Waals surface area contributed by atoms with Gasteiger partial charge in [-0.1, -0.05) is 79.8 Å². The third-order valence-electron chi connectivity index (χ3n) is 8.45. The number of carbonyl (C=O) groups excluding carboxylic acids is 3. The molecule has 1 saturated heterocycles. The Morgan fingerprint density at radius 2 is 1.74 bits per heavy atom. The fourth-order valence-electron chi connectivity index (χ4n) is 6.21. The fraction of sp³-hybridized carbons (Fsp3) is 0.485. The van der Waals surface area contributed by atoms with E-state index in [1.807, 2.05) is 17.0 Å². The molecule has 3 atom stereocenters.